The lowest BCUT2D eigenvalue weighted by molar-refractivity contribution is 0.441. The number of aromatic nitrogens is 2. The van der Waals surface area contributed by atoms with Gasteiger partial charge in [0.25, 0.3) is 5.56 Å². The highest BCUT2D eigenvalue weighted by atomic mass is 16.1. The Bertz CT molecular complexity index is 722. The zero-order valence-electron chi connectivity index (χ0n) is 11.7. The molecule has 2 aromatic rings. The van der Waals surface area contributed by atoms with Crippen molar-refractivity contribution in [3.05, 3.63) is 45.7 Å². The van der Waals surface area contributed by atoms with Gasteiger partial charge < -0.3 is 0 Å². The van der Waals surface area contributed by atoms with Gasteiger partial charge in [-0.2, -0.15) is 0 Å². The normalized spacial score (nSPS) is 20.1. The van der Waals surface area contributed by atoms with Gasteiger partial charge in [0.05, 0.1) is 5.69 Å². The number of nitrogen functional groups attached to an aromatic ring is 1. The summed E-state index contributed by atoms with van der Waals surface area (Å²) in [6, 6.07) is 8.10. The van der Waals surface area contributed by atoms with Crippen molar-refractivity contribution >= 4 is 5.95 Å². The van der Waals surface area contributed by atoms with Crippen LogP contribution in [0.25, 0.3) is 11.3 Å². The molecule has 0 fully saturated rings. The average Bonchev–Trinajstić information content (AvgIpc) is 2.46. The molecule has 3 rings (SSSR count). The minimum Gasteiger partial charge on any atom is -0.294 e. The second kappa shape index (κ2) is 4.45. The molecule has 0 unspecified atom stereocenters. The number of aromatic amines is 1. The van der Waals surface area contributed by atoms with Gasteiger partial charge in [0, 0.05) is 16.5 Å². The van der Waals surface area contributed by atoms with Gasteiger partial charge in [-0.1, -0.05) is 38.1 Å². The molecule has 1 atom stereocenters. The number of benzene rings is 1. The van der Waals surface area contributed by atoms with E-state index in [0.29, 0.717) is 5.95 Å². The summed E-state index contributed by atoms with van der Waals surface area (Å²) in [6.45, 7) is 4.22. The maximum Gasteiger partial charge on any atom is 0.256 e. The van der Waals surface area contributed by atoms with Crippen molar-refractivity contribution in [2.24, 2.45) is 5.84 Å². The van der Waals surface area contributed by atoms with Crippen LogP contribution in [0.2, 0.25) is 0 Å². The monoisotopic (exact) mass is 270 g/mol. The van der Waals surface area contributed by atoms with E-state index < -0.39 is 0 Å². The van der Waals surface area contributed by atoms with E-state index in [0.717, 1.165) is 29.7 Å². The van der Waals surface area contributed by atoms with Gasteiger partial charge in [-0.05, 0) is 18.4 Å². The maximum atomic E-state index is 12.4. The molecule has 104 valence electrons. The molecule has 0 saturated carbocycles. The van der Waals surface area contributed by atoms with Crippen LogP contribution in [0.15, 0.2) is 29.1 Å². The number of rotatable bonds is 2. The molecule has 0 spiro atoms. The molecule has 0 amide bonds. The number of nitrogens with one attached hydrogen (secondary N) is 2. The summed E-state index contributed by atoms with van der Waals surface area (Å²) in [7, 11) is 0. The van der Waals surface area contributed by atoms with E-state index in [1.165, 1.54) is 5.56 Å². The van der Waals surface area contributed by atoms with Crippen molar-refractivity contribution in [3.63, 3.8) is 0 Å². The Morgan fingerprint density at radius 3 is 2.90 bits per heavy atom. The molecule has 0 bridgehead atoms. The molecule has 1 aromatic carbocycles. The molecule has 0 aliphatic heterocycles. The lowest BCUT2D eigenvalue weighted by Crippen LogP contribution is -2.37. The van der Waals surface area contributed by atoms with E-state index >= 15 is 0 Å². The molecule has 1 aliphatic rings. The molecule has 0 radical (unpaired) electrons. The van der Waals surface area contributed by atoms with Gasteiger partial charge >= 0.3 is 0 Å². The van der Waals surface area contributed by atoms with Gasteiger partial charge in [0.2, 0.25) is 5.95 Å². The molecular formula is C15H18N4O. The SMILES string of the molecule is CC[C@]1(C)Cc2ccccc2-c2nc(NN)[nH]c(=O)c21. The second-order valence-electron chi connectivity index (χ2n) is 5.53. The second-order valence-corrected chi connectivity index (χ2v) is 5.53. The van der Waals surface area contributed by atoms with Crippen molar-refractivity contribution in [2.75, 3.05) is 5.43 Å². The summed E-state index contributed by atoms with van der Waals surface area (Å²) in [5.74, 6) is 5.68. The summed E-state index contributed by atoms with van der Waals surface area (Å²) in [5, 5.41) is 0. The molecule has 20 heavy (non-hydrogen) atoms. The van der Waals surface area contributed by atoms with Crippen LogP contribution >= 0.6 is 0 Å². The Morgan fingerprint density at radius 1 is 1.45 bits per heavy atom. The topological polar surface area (TPSA) is 83.8 Å². The predicted molar refractivity (Wildman–Crippen MR) is 79.5 cm³/mol. The highest BCUT2D eigenvalue weighted by molar-refractivity contribution is 5.72. The van der Waals surface area contributed by atoms with Crippen molar-refractivity contribution < 1.29 is 0 Å². The predicted octanol–water partition coefficient (Wildman–Crippen LogP) is 1.95. The van der Waals surface area contributed by atoms with Crippen molar-refractivity contribution in [1.29, 1.82) is 0 Å². The summed E-state index contributed by atoms with van der Waals surface area (Å²) in [5.41, 5.74) is 5.88. The van der Waals surface area contributed by atoms with Crippen LogP contribution in [0, 0.1) is 0 Å². The third-order valence-corrected chi connectivity index (χ3v) is 4.29. The lowest BCUT2D eigenvalue weighted by atomic mass is 9.69. The third kappa shape index (κ3) is 1.74. The molecule has 5 nitrogen and oxygen atoms in total. The van der Waals surface area contributed by atoms with Gasteiger partial charge in [-0.25, -0.2) is 10.8 Å². The Labute approximate surface area is 117 Å². The number of hydrogen-bond acceptors (Lipinski definition) is 4. The zero-order valence-corrected chi connectivity index (χ0v) is 11.7. The zero-order chi connectivity index (χ0) is 14.3. The Hall–Kier alpha value is -2.14. The first-order valence-electron chi connectivity index (χ1n) is 6.79. The van der Waals surface area contributed by atoms with Crippen LogP contribution in [0.1, 0.15) is 31.4 Å². The van der Waals surface area contributed by atoms with E-state index in [1.54, 1.807) is 0 Å². The van der Waals surface area contributed by atoms with Gasteiger partial charge in [0.1, 0.15) is 0 Å². The molecular weight excluding hydrogens is 252 g/mol. The number of nitrogens with two attached hydrogens (primary N) is 1. The third-order valence-electron chi connectivity index (χ3n) is 4.29. The molecule has 4 N–H and O–H groups in total. The van der Waals surface area contributed by atoms with Gasteiger partial charge in [0.15, 0.2) is 0 Å². The van der Waals surface area contributed by atoms with E-state index in [2.05, 4.69) is 35.3 Å². The fourth-order valence-corrected chi connectivity index (χ4v) is 3.01. The number of hydrazine groups is 1. The van der Waals surface area contributed by atoms with E-state index in [9.17, 15) is 4.79 Å². The van der Waals surface area contributed by atoms with Crippen LogP contribution in [-0.4, -0.2) is 9.97 Å². The van der Waals surface area contributed by atoms with Crippen LogP contribution in [-0.2, 0) is 11.8 Å². The van der Waals surface area contributed by atoms with Gasteiger partial charge in [-0.3, -0.25) is 15.2 Å². The van der Waals surface area contributed by atoms with Crippen molar-refractivity contribution in [3.8, 4) is 11.3 Å². The first-order chi connectivity index (χ1) is 9.59. The number of H-pyrrole nitrogens is 1. The summed E-state index contributed by atoms with van der Waals surface area (Å²) >= 11 is 0. The van der Waals surface area contributed by atoms with E-state index in [-0.39, 0.29) is 11.0 Å². The largest absolute Gasteiger partial charge is 0.294 e. The van der Waals surface area contributed by atoms with Crippen LogP contribution in [0.5, 0.6) is 0 Å². The average molecular weight is 270 g/mol. The van der Waals surface area contributed by atoms with Crippen LogP contribution in [0.3, 0.4) is 0 Å². The molecule has 1 aromatic heterocycles. The van der Waals surface area contributed by atoms with E-state index in [4.69, 9.17) is 5.84 Å². The molecule has 1 heterocycles. The van der Waals surface area contributed by atoms with Crippen molar-refractivity contribution in [2.45, 2.75) is 32.1 Å². The highest BCUT2D eigenvalue weighted by Gasteiger charge is 2.37. The Balaban J connectivity index is 2.38. The quantitative estimate of drug-likeness (QED) is 0.575. The van der Waals surface area contributed by atoms with Gasteiger partial charge in [-0.15, -0.1) is 0 Å². The minimum atomic E-state index is -0.197. The minimum absolute atomic E-state index is 0.109. The van der Waals surface area contributed by atoms with Crippen LogP contribution in [0.4, 0.5) is 5.95 Å². The molecule has 5 heteroatoms. The highest BCUT2D eigenvalue weighted by Crippen LogP contribution is 2.42. The number of fused-ring (bicyclic) bond motifs is 3. The fourth-order valence-electron chi connectivity index (χ4n) is 3.01. The fraction of sp³-hybridized carbons (Fsp3) is 0.333. The smallest absolute Gasteiger partial charge is 0.256 e. The van der Waals surface area contributed by atoms with E-state index in [1.807, 2.05) is 18.2 Å². The van der Waals surface area contributed by atoms with Crippen molar-refractivity contribution in [1.82, 2.24) is 9.97 Å². The summed E-state index contributed by atoms with van der Waals surface area (Å²) in [4.78, 5) is 19.6. The maximum absolute atomic E-state index is 12.4. The lowest BCUT2D eigenvalue weighted by Gasteiger charge is -2.34. The van der Waals surface area contributed by atoms with Crippen LogP contribution < -0.4 is 16.8 Å². The summed E-state index contributed by atoms with van der Waals surface area (Å²) in [6.07, 6.45) is 1.74. The summed E-state index contributed by atoms with van der Waals surface area (Å²) < 4.78 is 0. The first-order valence-corrected chi connectivity index (χ1v) is 6.79. The molecule has 0 saturated heterocycles. The number of hydrogen-bond donors (Lipinski definition) is 3. The molecule has 1 aliphatic carbocycles. The Kier molecular flexibility index (Phi) is 2.87. The standard InChI is InChI=1S/C15H18N4O/c1-3-15(2)8-9-6-4-5-7-10(9)12-11(15)13(20)18-14(17-12)19-16/h4-7H,3,8,16H2,1-2H3,(H2,17,18,19,20)/t15-/m1/s1. The Morgan fingerprint density at radius 2 is 2.20 bits per heavy atom. The number of anilines is 1. The first kappa shape index (κ1) is 12.9. The number of nitrogens with zero attached hydrogens (tertiary/aromatic N) is 1.